The molecule has 1 aromatic rings. The standard InChI is InChI=1S/C15H21NO6S/c1-10(2)21-15(18)14(9-16-11(3)17)12-5-7-13(8-6-12)22-23(4,19)20/h5-8,10,14H,9H2,1-4H3,(H,16,17). The van der Waals surface area contributed by atoms with Crippen molar-refractivity contribution in [3.8, 4) is 5.75 Å². The van der Waals surface area contributed by atoms with Crippen LogP contribution in [0.15, 0.2) is 24.3 Å². The van der Waals surface area contributed by atoms with E-state index in [0.717, 1.165) is 6.26 Å². The van der Waals surface area contributed by atoms with Crippen LogP contribution in [0, 0.1) is 0 Å². The van der Waals surface area contributed by atoms with Gasteiger partial charge in [-0.1, -0.05) is 12.1 Å². The van der Waals surface area contributed by atoms with Gasteiger partial charge < -0.3 is 14.2 Å². The number of benzene rings is 1. The van der Waals surface area contributed by atoms with Gasteiger partial charge in [0.25, 0.3) is 0 Å². The average Bonchev–Trinajstić information content (AvgIpc) is 2.37. The number of carbonyl (C=O) groups is 2. The summed E-state index contributed by atoms with van der Waals surface area (Å²) in [4.78, 5) is 23.3. The van der Waals surface area contributed by atoms with E-state index in [4.69, 9.17) is 8.92 Å². The number of esters is 1. The molecule has 1 atom stereocenters. The Morgan fingerprint density at radius 1 is 1.17 bits per heavy atom. The molecule has 23 heavy (non-hydrogen) atoms. The Labute approximate surface area is 136 Å². The average molecular weight is 343 g/mol. The highest BCUT2D eigenvalue weighted by Crippen LogP contribution is 2.22. The first-order valence-electron chi connectivity index (χ1n) is 7.03. The smallest absolute Gasteiger partial charge is 0.315 e. The lowest BCUT2D eigenvalue weighted by molar-refractivity contribution is -0.149. The van der Waals surface area contributed by atoms with Crippen LogP contribution < -0.4 is 9.50 Å². The third-order valence-electron chi connectivity index (χ3n) is 2.72. The van der Waals surface area contributed by atoms with Crippen molar-refractivity contribution in [3.63, 3.8) is 0 Å². The largest absolute Gasteiger partial charge is 0.462 e. The Morgan fingerprint density at radius 2 is 1.74 bits per heavy atom. The molecule has 1 amide bonds. The molecule has 0 aliphatic heterocycles. The van der Waals surface area contributed by atoms with E-state index in [-0.39, 0.29) is 24.3 Å². The van der Waals surface area contributed by atoms with Gasteiger partial charge in [0.1, 0.15) is 5.75 Å². The summed E-state index contributed by atoms with van der Waals surface area (Å²) in [6.07, 6.45) is 0.663. The second kappa shape index (κ2) is 7.96. The number of carbonyl (C=O) groups excluding carboxylic acids is 2. The van der Waals surface area contributed by atoms with Crippen LogP contribution in [-0.4, -0.2) is 39.2 Å². The summed E-state index contributed by atoms with van der Waals surface area (Å²) in [6.45, 7) is 4.91. The SMILES string of the molecule is CC(=O)NCC(C(=O)OC(C)C)c1ccc(OS(C)(=O)=O)cc1. The highest BCUT2D eigenvalue weighted by molar-refractivity contribution is 7.86. The maximum absolute atomic E-state index is 12.2. The topological polar surface area (TPSA) is 98.8 Å². The third kappa shape index (κ3) is 7.14. The number of nitrogens with one attached hydrogen (secondary N) is 1. The molecule has 1 N–H and O–H groups in total. The summed E-state index contributed by atoms with van der Waals surface area (Å²) in [7, 11) is -3.61. The molecule has 0 aromatic heterocycles. The molecule has 1 unspecified atom stereocenters. The lowest BCUT2D eigenvalue weighted by atomic mass is 9.99. The van der Waals surface area contributed by atoms with Gasteiger partial charge in [-0.25, -0.2) is 0 Å². The Hall–Kier alpha value is -2.09. The van der Waals surface area contributed by atoms with Crippen molar-refractivity contribution in [1.29, 1.82) is 0 Å². The molecule has 0 spiro atoms. The molecule has 7 nitrogen and oxygen atoms in total. The summed E-state index contributed by atoms with van der Waals surface area (Å²) in [6, 6.07) is 6.02. The highest BCUT2D eigenvalue weighted by Gasteiger charge is 2.23. The second-order valence-corrected chi connectivity index (χ2v) is 6.91. The van der Waals surface area contributed by atoms with Crippen LogP contribution in [0.4, 0.5) is 0 Å². The monoisotopic (exact) mass is 343 g/mol. The van der Waals surface area contributed by atoms with Gasteiger partial charge in [0.2, 0.25) is 5.91 Å². The van der Waals surface area contributed by atoms with Gasteiger partial charge in [-0.15, -0.1) is 0 Å². The van der Waals surface area contributed by atoms with Crippen molar-refractivity contribution < 1.29 is 26.9 Å². The van der Waals surface area contributed by atoms with Crippen molar-refractivity contribution in [2.45, 2.75) is 32.8 Å². The Balaban J connectivity index is 2.96. The molecule has 128 valence electrons. The number of hydrogen-bond acceptors (Lipinski definition) is 6. The van der Waals surface area contributed by atoms with Gasteiger partial charge in [0, 0.05) is 13.5 Å². The summed E-state index contributed by atoms with van der Waals surface area (Å²) in [5.74, 6) is -1.27. The third-order valence-corrected chi connectivity index (χ3v) is 3.22. The molecule has 1 aromatic carbocycles. The summed E-state index contributed by atoms with van der Waals surface area (Å²) < 4.78 is 32.1. The lowest BCUT2D eigenvalue weighted by Gasteiger charge is -2.18. The van der Waals surface area contributed by atoms with Crippen LogP contribution in [-0.2, 0) is 24.4 Å². The van der Waals surface area contributed by atoms with Gasteiger partial charge in [0.05, 0.1) is 18.3 Å². The molecule has 0 heterocycles. The zero-order valence-corrected chi connectivity index (χ0v) is 14.3. The molecule has 8 heteroatoms. The van der Waals surface area contributed by atoms with Crippen LogP contribution in [0.3, 0.4) is 0 Å². The minimum absolute atomic E-state index is 0.0904. The van der Waals surface area contributed by atoms with Gasteiger partial charge in [-0.3, -0.25) is 9.59 Å². The fraction of sp³-hybridized carbons (Fsp3) is 0.467. The number of rotatable bonds is 7. The molecule has 0 saturated carbocycles. The summed E-state index contributed by atoms with van der Waals surface area (Å²) >= 11 is 0. The molecule has 1 rings (SSSR count). The first-order chi connectivity index (χ1) is 10.6. The van der Waals surface area contributed by atoms with Crippen molar-refractivity contribution in [3.05, 3.63) is 29.8 Å². The zero-order chi connectivity index (χ0) is 17.6. The van der Waals surface area contributed by atoms with Gasteiger partial charge in [-0.2, -0.15) is 8.42 Å². The molecular weight excluding hydrogens is 322 g/mol. The van der Waals surface area contributed by atoms with Gasteiger partial charge >= 0.3 is 16.1 Å². The molecule has 0 aliphatic rings. The minimum Gasteiger partial charge on any atom is -0.462 e. The minimum atomic E-state index is -3.61. The molecule has 0 fully saturated rings. The van der Waals surface area contributed by atoms with E-state index in [1.54, 1.807) is 26.0 Å². The fourth-order valence-corrected chi connectivity index (χ4v) is 2.29. The van der Waals surface area contributed by atoms with Crippen molar-refractivity contribution in [2.75, 3.05) is 12.8 Å². The first-order valence-corrected chi connectivity index (χ1v) is 8.84. The predicted octanol–water partition coefficient (Wildman–Crippen LogP) is 1.20. The lowest BCUT2D eigenvalue weighted by Crippen LogP contribution is -2.32. The van der Waals surface area contributed by atoms with Crippen LogP contribution in [0.25, 0.3) is 0 Å². The zero-order valence-electron chi connectivity index (χ0n) is 13.5. The van der Waals surface area contributed by atoms with Crippen LogP contribution in [0.2, 0.25) is 0 Å². The summed E-state index contributed by atoms with van der Waals surface area (Å²) in [5.41, 5.74) is 0.588. The van der Waals surface area contributed by atoms with Gasteiger partial charge in [0.15, 0.2) is 0 Å². The first kappa shape index (κ1) is 19.0. The maximum atomic E-state index is 12.2. The molecule has 0 radical (unpaired) electrons. The van der Waals surface area contributed by atoms with E-state index in [2.05, 4.69) is 5.32 Å². The van der Waals surface area contributed by atoms with E-state index < -0.39 is 22.0 Å². The normalized spacial score (nSPS) is 12.6. The Bertz CT molecular complexity index is 651. The van der Waals surface area contributed by atoms with Crippen molar-refractivity contribution in [1.82, 2.24) is 5.32 Å². The van der Waals surface area contributed by atoms with Crippen molar-refractivity contribution in [2.24, 2.45) is 0 Å². The van der Waals surface area contributed by atoms with Crippen LogP contribution in [0.1, 0.15) is 32.3 Å². The highest BCUT2D eigenvalue weighted by atomic mass is 32.2. The van der Waals surface area contributed by atoms with E-state index >= 15 is 0 Å². The number of ether oxygens (including phenoxy) is 1. The fourth-order valence-electron chi connectivity index (χ4n) is 1.83. The summed E-state index contributed by atoms with van der Waals surface area (Å²) in [5, 5.41) is 2.58. The number of hydrogen-bond donors (Lipinski definition) is 1. The molecule has 0 aliphatic carbocycles. The van der Waals surface area contributed by atoms with Gasteiger partial charge in [-0.05, 0) is 31.5 Å². The van der Waals surface area contributed by atoms with Crippen LogP contribution >= 0.6 is 0 Å². The van der Waals surface area contributed by atoms with E-state index in [1.165, 1.54) is 19.1 Å². The van der Waals surface area contributed by atoms with Crippen molar-refractivity contribution >= 4 is 22.0 Å². The Kier molecular flexibility index (Phi) is 6.56. The maximum Gasteiger partial charge on any atom is 0.315 e. The number of amides is 1. The predicted molar refractivity (Wildman–Crippen MR) is 84.6 cm³/mol. The quantitative estimate of drug-likeness (QED) is 0.590. The second-order valence-electron chi connectivity index (χ2n) is 5.33. The van der Waals surface area contributed by atoms with E-state index in [9.17, 15) is 18.0 Å². The Morgan fingerprint density at radius 3 is 2.17 bits per heavy atom. The van der Waals surface area contributed by atoms with E-state index in [0.29, 0.717) is 5.56 Å². The molecule has 0 saturated heterocycles. The molecule has 0 bridgehead atoms. The van der Waals surface area contributed by atoms with Crippen LogP contribution in [0.5, 0.6) is 5.75 Å². The van der Waals surface area contributed by atoms with E-state index in [1.807, 2.05) is 0 Å². The molecular formula is C15H21NO6S.